The molecule has 1 aromatic heterocycles. The number of carbonyl (C=O) groups excluding carboxylic acids is 1. The van der Waals surface area contributed by atoms with Gasteiger partial charge in [-0.25, -0.2) is 0 Å². The predicted octanol–water partition coefficient (Wildman–Crippen LogP) is 3.00. The quantitative estimate of drug-likeness (QED) is 0.864. The average Bonchev–Trinajstić information content (AvgIpc) is 2.61. The number of pyridine rings is 1. The largest absolute Gasteiger partial charge is 0.332 e. The van der Waals surface area contributed by atoms with Crippen LogP contribution in [-0.2, 0) is 4.79 Å². The summed E-state index contributed by atoms with van der Waals surface area (Å²) >= 11 is 7.64. The van der Waals surface area contributed by atoms with Crippen LogP contribution in [0.1, 0.15) is 11.6 Å². The van der Waals surface area contributed by atoms with Gasteiger partial charge >= 0.3 is 0 Å². The number of carbonyl (C=O) groups is 1. The Hall–Kier alpha value is -1.56. The molecule has 0 spiro atoms. The van der Waals surface area contributed by atoms with Crippen molar-refractivity contribution in [2.75, 3.05) is 25.4 Å². The zero-order valence-corrected chi connectivity index (χ0v) is 14.2. The van der Waals surface area contributed by atoms with Crippen LogP contribution < -0.4 is 5.32 Å². The Morgan fingerprint density at radius 1 is 1.35 bits per heavy atom. The molecule has 1 amide bonds. The second-order valence-corrected chi connectivity index (χ2v) is 6.74. The normalized spacial score (nSPS) is 18.0. The predicted molar refractivity (Wildman–Crippen MR) is 93.7 cm³/mol. The van der Waals surface area contributed by atoms with Crippen molar-refractivity contribution in [2.24, 2.45) is 0 Å². The molecule has 1 saturated heterocycles. The Kier molecular flexibility index (Phi) is 5.54. The monoisotopic (exact) mass is 347 g/mol. The minimum atomic E-state index is 0.0387. The van der Waals surface area contributed by atoms with Crippen molar-refractivity contribution in [3.63, 3.8) is 0 Å². The van der Waals surface area contributed by atoms with E-state index in [4.69, 9.17) is 11.6 Å². The molecule has 1 unspecified atom stereocenters. The fourth-order valence-corrected chi connectivity index (χ4v) is 3.78. The van der Waals surface area contributed by atoms with Crippen molar-refractivity contribution in [2.45, 2.75) is 10.9 Å². The highest BCUT2D eigenvalue weighted by molar-refractivity contribution is 8.00. The molecule has 6 heteroatoms. The van der Waals surface area contributed by atoms with Crippen LogP contribution in [0.15, 0.2) is 53.7 Å². The molecule has 23 heavy (non-hydrogen) atoms. The van der Waals surface area contributed by atoms with Crippen molar-refractivity contribution in [1.82, 2.24) is 15.2 Å². The second kappa shape index (κ2) is 7.81. The first-order valence-corrected chi connectivity index (χ1v) is 8.89. The van der Waals surface area contributed by atoms with E-state index in [9.17, 15) is 4.79 Å². The molecule has 2 heterocycles. The molecule has 1 atom stereocenters. The third kappa shape index (κ3) is 4.05. The van der Waals surface area contributed by atoms with E-state index in [1.807, 2.05) is 47.5 Å². The molecule has 1 fully saturated rings. The van der Waals surface area contributed by atoms with Gasteiger partial charge in [0, 0.05) is 36.9 Å². The number of halogens is 1. The van der Waals surface area contributed by atoms with Gasteiger partial charge in [0.2, 0.25) is 5.91 Å². The first-order chi connectivity index (χ1) is 11.3. The molecule has 1 N–H and O–H groups in total. The molecule has 1 aliphatic heterocycles. The van der Waals surface area contributed by atoms with Gasteiger partial charge in [0.05, 0.1) is 16.8 Å². The fourth-order valence-electron chi connectivity index (χ4n) is 2.66. The first-order valence-electron chi connectivity index (χ1n) is 7.53. The summed E-state index contributed by atoms with van der Waals surface area (Å²) in [7, 11) is 0. The van der Waals surface area contributed by atoms with Crippen LogP contribution in [-0.4, -0.2) is 41.2 Å². The number of nitrogens with one attached hydrogen (secondary N) is 1. The lowest BCUT2D eigenvalue weighted by atomic mass is 10.1. The highest BCUT2D eigenvalue weighted by Gasteiger charge is 2.27. The molecular formula is C17H18ClN3OS. The van der Waals surface area contributed by atoms with E-state index in [0.717, 1.165) is 23.5 Å². The van der Waals surface area contributed by atoms with Gasteiger partial charge in [-0.1, -0.05) is 29.8 Å². The number of rotatable bonds is 4. The molecule has 0 aliphatic carbocycles. The smallest absolute Gasteiger partial charge is 0.233 e. The SMILES string of the molecule is O=C(CSc1ccccc1Cl)N1CCNCC1c1cccnc1. The number of piperazine rings is 1. The minimum absolute atomic E-state index is 0.0387. The summed E-state index contributed by atoms with van der Waals surface area (Å²) < 4.78 is 0. The topological polar surface area (TPSA) is 45.2 Å². The summed E-state index contributed by atoms with van der Waals surface area (Å²) in [6, 6.07) is 11.6. The van der Waals surface area contributed by atoms with E-state index in [2.05, 4.69) is 10.3 Å². The van der Waals surface area contributed by atoms with Gasteiger partial charge in [-0.05, 0) is 23.8 Å². The van der Waals surface area contributed by atoms with Gasteiger partial charge in [0.15, 0.2) is 0 Å². The van der Waals surface area contributed by atoms with Crippen LogP contribution in [0.4, 0.5) is 0 Å². The van der Waals surface area contributed by atoms with Crippen molar-refractivity contribution >= 4 is 29.3 Å². The van der Waals surface area contributed by atoms with Gasteiger partial charge in [-0.3, -0.25) is 9.78 Å². The van der Waals surface area contributed by atoms with Crippen LogP contribution in [0.3, 0.4) is 0 Å². The summed E-state index contributed by atoms with van der Waals surface area (Å²) in [4.78, 5) is 19.7. The molecular weight excluding hydrogens is 330 g/mol. The third-order valence-electron chi connectivity index (χ3n) is 3.82. The maximum atomic E-state index is 12.7. The van der Waals surface area contributed by atoms with Crippen molar-refractivity contribution < 1.29 is 4.79 Å². The number of hydrogen-bond acceptors (Lipinski definition) is 4. The molecule has 120 valence electrons. The Bertz CT molecular complexity index is 668. The number of amides is 1. The van der Waals surface area contributed by atoms with Gasteiger partial charge in [0.1, 0.15) is 0 Å². The molecule has 1 aromatic carbocycles. The summed E-state index contributed by atoms with van der Waals surface area (Å²) in [6.07, 6.45) is 3.58. The first kappa shape index (κ1) is 16.3. The van der Waals surface area contributed by atoms with Crippen LogP contribution >= 0.6 is 23.4 Å². The standard InChI is InChI=1S/C17H18ClN3OS/c18-14-5-1-2-6-16(14)23-12-17(22)21-9-8-20-11-15(21)13-4-3-7-19-10-13/h1-7,10,15,20H,8-9,11-12H2. The van der Waals surface area contributed by atoms with Gasteiger partial charge in [0.25, 0.3) is 0 Å². The van der Waals surface area contributed by atoms with E-state index in [0.29, 0.717) is 17.3 Å². The molecule has 2 aromatic rings. The lowest BCUT2D eigenvalue weighted by molar-refractivity contribution is -0.131. The molecule has 1 aliphatic rings. The van der Waals surface area contributed by atoms with Crippen LogP contribution in [0.2, 0.25) is 5.02 Å². The zero-order valence-electron chi connectivity index (χ0n) is 12.6. The van der Waals surface area contributed by atoms with Crippen LogP contribution in [0, 0.1) is 0 Å². The lowest BCUT2D eigenvalue weighted by Crippen LogP contribution is -2.49. The highest BCUT2D eigenvalue weighted by atomic mass is 35.5. The maximum absolute atomic E-state index is 12.7. The Balaban J connectivity index is 1.68. The molecule has 4 nitrogen and oxygen atoms in total. The van der Waals surface area contributed by atoms with E-state index >= 15 is 0 Å². The second-order valence-electron chi connectivity index (χ2n) is 5.31. The Morgan fingerprint density at radius 2 is 2.22 bits per heavy atom. The summed E-state index contributed by atoms with van der Waals surface area (Å²) in [5.41, 5.74) is 1.07. The summed E-state index contributed by atoms with van der Waals surface area (Å²) in [5, 5.41) is 4.04. The summed E-state index contributed by atoms with van der Waals surface area (Å²) in [5.74, 6) is 0.519. The third-order valence-corrected chi connectivity index (χ3v) is 5.32. The highest BCUT2D eigenvalue weighted by Crippen LogP contribution is 2.28. The van der Waals surface area contributed by atoms with Crippen LogP contribution in [0.5, 0.6) is 0 Å². The summed E-state index contributed by atoms with van der Waals surface area (Å²) in [6.45, 7) is 2.29. The molecule has 0 saturated carbocycles. The van der Waals surface area contributed by atoms with E-state index in [-0.39, 0.29) is 11.9 Å². The van der Waals surface area contributed by atoms with E-state index < -0.39 is 0 Å². The number of aromatic nitrogens is 1. The minimum Gasteiger partial charge on any atom is -0.332 e. The van der Waals surface area contributed by atoms with E-state index in [1.54, 1.807) is 6.20 Å². The maximum Gasteiger partial charge on any atom is 0.233 e. The van der Waals surface area contributed by atoms with E-state index in [1.165, 1.54) is 11.8 Å². The molecule has 0 radical (unpaired) electrons. The van der Waals surface area contributed by atoms with Gasteiger partial charge < -0.3 is 10.2 Å². The number of hydrogen-bond donors (Lipinski definition) is 1. The van der Waals surface area contributed by atoms with Gasteiger partial charge in [-0.2, -0.15) is 0 Å². The van der Waals surface area contributed by atoms with Crippen molar-refractivity contribution in [1.29, 1.82) is 0 Å². The molecule has 0 bridgehead atoms. The number of benzene rings is 1. The van der Waals surface area contributed by atoms with Crippen molar-refractivity contribution in [3.8, 4) is 0 Å². The zero-order chi connectivity index (χ0) is 16.1. The Morgan fingerprint density at radius 3 is 3.00 bits per heavy atom. The fraction of sp³-hybridized carbons (Fsp3) is 0.294. The Labute approximate surface area is 145 Å². The number of nitrogens with zero attached hydrogens (tertiary/aromatic N) is 2. The average molecular weight is 348 g/mol. The molecule has 3 rings (SSSR count). The van der Waals surface area contributed by atoms with Gasteiger partial charge in [-0.15, -0.1) is 11.8 Å². The number of thioether (sulfide) groups is 1. The van der Waals surface area contributed by atoms with Crippen molar-refractivity contribution in [3.05, 3.63) is 59.4 Å². The van der Waals surface area contributed by atoms with Crippen LogP contribution in [0.25, 0.3) is 0 Å². The lowest BCUT2D eigenvalue weighted by Gasteiger charge is -2.36.